The van der Waals surface area contributed by atoms with Gasteiger partial charge in [-0.1, -0.05) is 13.0 Å². The summed E-state index contributed by atoms with van der Waals surface area (Å²) in [6, 6.07) is 4.32. The van der Waals surface area contributed by atoms with Crippen LogP contribution in [0.25, 0.3) is 0 Å². The molecule has 0 aliphatic carbocycles. The number of piperidine rings is 1. The first kappa shape index (κ1) is 20.1. The maximum absolute atomic E-state index is 5.73. The molecule has 1 aliphatic heterocycles. The normalized spacial score (nSPS) is 20.2. The van der Waals surface area contributed by atoms with Crippen molar-refractivity contribution >= 4 is 5.96 Å². The van der Waals surface area contributed by atoms with E-state index >= 15 is 0 Å². The maximum atomic E-state index is 5.73. The molecule has 0 saturated carbocycles. The fourth-order valence-corrected chi connectivity index (χ4v) is 3.51. The van der Waals surface area contributed by atoms with Gasteiger partial charge in [0.2, 0.25) is 5.88 Å². The second-order valence-electron chi connectivity index (χ2n) is 7.00. The van der Waals surface area contributed by atoms with Gasteiger partial charge in [0.05, 0.1) is 19.0 Å². The number of rotatable bonds is 7. The molecule has 152 valence electrons. The van der Waals surface area contributed by atoms with Crippen molar-refractivity contribution in [1.29, 1.82) is 0 Å². The minimum Gasteiger partial charge on any atom is -0.475 e. The monoisotopic (exact) mass is 386 g/mol. The van der Waals surface area contributed by atoms with Crippen LogP contribution in [0, 0.1) is 5.92 Å². The highest BCUT2D eigenvalue weighted by Gasteiger charge is 2.28. The number of ether oxygens (including phenoxy) is 2. The van der Waals surface area contributed by atoms with E-state index in [1.807, 2.05) is 37.9 Å². The SMILES string of the molecule is CN=C(NCc1cccnc1OCCOC)N1CCC(C)C(n2ccnc2)C1. The fraction of sp³-hybridized carbons (Fsp3) is 0.550. The second kappa shape index (κ2) is 10.1. The molecule has 28 heavy (non-hydrogen) atoms. The summed E-state index contributed by atoms with van der Waals surface area (Å²) in [6.45, 7) is 5.80. The lowest BCUT2D eigenvalue weighted by molar-refractivity contribution is 0.143. The Kier molecular flexibility index (Phi) is 7.25. The zero-order chi connectivity index (χ0) is 19.8. The van der Waals surface area contributed by atoms with E-state index in [1.54, 1.807) is 13.3 Å². The van der Waals surface area contributed by atoms with Gasteiger partial charge in [-0.3, -0.25) is 4.99 Å². The van der Waals surface area contributed by atoms with E-state index in [4.69, 9.17) is 9.47 Å². The van der Waals surface area contributed by atoms with Gasteiger partial charge in [-0.15, -0.1) is 0 Å². The number of pyridine rings is 1. The largest absolute Gasteiger partial charge is 0.475 e. The van der Waals surface area contributed by atoms with Crippen LogP contribution in [0.4, 0.5) is 0 Å². The molecule has 0 aromatic carbocycles. The Balaban J connectivity index is 1.62. The smallest absolute Gasteiger partial charge is 0.218 e. The summed E-state index contributed by atoms with van der Waals surface area (Å²) >= 11 is 0. The molecule has 0 radical (unpaired) electrons. The average molecular weight is 387 g/mol. The van der Waals surface area contributed by atoms with Crippen LogP contribution in [0.5, 0.6) is 5.88 Å². The molecule has 0 amide bonds. The molecule has 2 atom stereocenters. The standard InChI is InChI=1S/C20H30N6O2/c1-16-6-9-25(14-18(16)26-10-8-22-15-26)20(21-2)24-13-17-5-4-7-23-19(17)28-12-11-27-3/h4-5,7-8,10,15-16,18H,6,9,11-14H2,1-3H3,(H,21,24). The van der Waals surface area contributed by atoms with Crippen LogP contribution < -0.4 is 10.1 Å². The van der Waals surface area contributed by atoms with Crippen molar-refractivity contribution < 1.29 is 9.47 Å². The second-order valence-corrected chi connectivity index (χ2v) is 7.00. The summed E-state index contributed by atoms with van der Waals surface area (Å²) < 4.78 is 13.0. The van der Waals surface area contributed by atoms with Gasteiger partial charge in [-0.05, 0) is 18.4 Å². The summed E-state index contributed by atoms with van der Waals surface area (Å²) in [4.78, 5) is 15.4. The molecular weight excluding hydrogens is 356 g/mol. The van der Waals surface area contributed by atoms with E-state index in [0.717, 1.165) is 31.0 Å². The van der Waals surface area contributed by atoms with Crippen LogP contribution in [0.3, 0.4) is 0 Å². The fourth-order valence-electron chi connectivity index (χ4n) is 3.51. The molecule has 1 N–H and O–H groups in total. The number of aromatic nitrogens is 3. The molecule has 8 heteroatoms. The van der Waals surface area contributed by atoms with Crippen LogP contribution in [-0.4, -0.2) is 65.9 Å². The third-order valence-corrected chi connectivity index (χ3v) is 5.15. The molecule has 1 saturated heterocycles. The van der Waals surface area contributed by atoms with E-state index < -0.39 is 0 Å². The number of guanidine groups is 1. The van der Waals surface area contributed by atoms with Crippen molar-refractivity contribution in [2.45, 2.75) is 25.9 Å². The minimum absolute atomic E-state index is 0.390. The number of methoxy groups -OCH3 is 1. The molecule has 1 fully saturated rings. The molecular formula is C20H30N6O2. The van der Waals surface area contributed by atoms with E-state index in [-0.39, 0.29) is 0 Å². The lowest BCUT2D eigenvalue weighted by Crippen LogP contribution is -2.48. The van der Waals surface area contributed by atoms with Gasteiger partial charge in [0, 0.05) is 57.9 Å². The van der Waals surface area contributed by atoms with Gasteiger partial charge in [0.1, 0.15) is 6.61 Å². The highest BCUT2D eigenvalue weighted by molar-refractivity contribution is 5.80. The van der Waals surface area contributed by atoms with Crippen molar-refractivity contribution in [2.24, 2.45) is 10.9 Å². The Morgan fingerprint density at radius 1 is 1.36 bits per heavy atom. The molecule has 2 aromatic rings. The predicted octanol–water partition coefficient (Wildman–Crippen LogP) is 1.96. The van der Waals surface area contributed by atoms with Gasteiger partial charge in [-0.25, -0.2) is 9.97 Å². The molecule has 0 bridgehead atoms. The molecule has 8 nitrogen and oxygen atoms in total. The first-order chi connectivity index (χ1) is 13.7. The van der Waals surface area contributed by atoms with Crippen LogP contribution in [0.2, 0.25) is 0 Å². The van der Waals surface area contributed by atoms with E-state index in [2.05, 4.69) is 36.7 Å². The predicted molar refractivity (Wildman–Crippen MR) is 108 cm³/mol. The summed E-state index contributed by atoms with van der Waals surface area (Å²) in [6.07, 6.45) is 8.64. The van der Waals surface area contributed by atoms with Crippen LogP contribution in [-0.2, 0) is 11.3 Å². The third-order valence-electron chi connectivity index (χ3n) is 5.15. The average Bonchev–Trinajstić information content (AvgIpc) is 3.25. The van der Waals surface area contributed by atoms with Gasteiger partial charge < -0.3 is 24.3 Å². The Labute approximate surface area is 166 Å². The highest BCUT2D eigenvalue weighted by Crippen LogP contribution is 2.27. The first-order valence-electron chi connectivity index (χ1n) is 9.71. The highest BCUT2D eigenvalue weighted by atomic mass is 16.5. The third kappa shape index (κ3) is 5.01. The van der Waals surface area contributed by atoms with Crippen LogP contribution in [0.1, 0.15) is 24.9 Å². The summed E-state index contributed by atoms with van der Waals surface area (Å²) in [5.74, 6) is 2.12. The van der Waals surface area contributed by atoms with Gasteiger partial charge in [0.25, 0.3) is 0 Å². The van der Waals surface area contributed by atoms with Gasteiger partial charge >= 0.3 is 0 Å². The minimum atomic E-state index is 0.390. The quantitative estimate of drug-likeness (QED) is 0.445. The molecule has 1 aliphatic rings. The van der Waals surface area contributed by atoms with E-state index in [9.17, 15) is 0 Å². The zero-order valence-electron chi connectivity index (χ0n) is 16.9. The number of aliphatic imine (C=N–C) groups is 1. The van der Waals surface area contributed by atoms with Crippen LogP contribution >= 0.6 is 0 Å². The summed E-state index contributed by atoms with van der Waals surface area (Å²) in [7, 11) is 3.48. The number of hydrogen-bond acceptors (Lipinski definition) is 5. The number of hydrogen-bond donors (Lipinski definition) is 1. The molecule has 3 rings (SSSR count). The number of nitrogens with zero attached hydrogens (tertiary/aromatic N) is 5. The Morgan fingerprint density at radius 3 is 3.00 bits per heavy atom. The maximum Gasteiger partial charge on any atom is 0.218 e. The molecule has 2 aromatic heterocycles. The Hall–Kier alpha value is -2.61. The topological polar surface area (TPSA) is 76.8 Å². The van der Waals surface area contributed by atoms with E-state index in [0.29, 0.717) is 37.6 Å². The number of likely N-dealkylation sites (tertiary alicyclic amines) is 1. The van der Waals surface area contributed by atoms with Gasteiger partial charge in [0.15, 0.2) is 5.96 Å². The van der Waals surface area contributed by atoms with Crippen molar-refractivity contribution in [3.8, 4) is 5.88 Å². The lowest BCUT2D eigenvalue weighted by Gasteiger charge is -2.39. The lowest BCUT2D eigenvalue weighted by atomic mass is 9.93. The molecule has 2 unspecified atom stereocenters. The summed E-state index contributed by atoms with van der Waals surface area (Å²) in [5, 5.41) is 3.47. The van der Waals surface area contributed by atoms with Crippen molar-refractivity contribution in [3.63, 3.8) is 0 Å². The van der Waals surface area contributed by atoms with Gasteiger partial charge in [-0.2, -0.15) is 0 Å². The molecule has 3 heterocycles. The number of imidazole rings is 1. The van der Waals surface area contributed by atoms with Crippen LogP contribution in [0.15, 0.2) is 42.0 Å². The molecule has 0 spiro atoms. The number of nitrogens with one attached hydrogen (secondary N) is 1. The Bertz CT molecular complexity index is 749. The van der Waals surface area contributed by atoms with Crippen molar-refractivity contribution in [1.82, 2.24) is 24.8 Å². The van der Waals surface area contributed by atoms with Crippen molar-refractivity contribution in [3.05, 3.63) is 42.6 Å². The van der Waals surface area contributed by atoms with E-state index in [1.165, 1.54) is 0 Å². The summed E-state index contributed by atoms with van der Waals surface area (Å²) in [5.41, 5.74) is 0.997. The van der Waals surface area contributed by atoms with Crippen molar-refractivity contribution in [2.75, 3.05) is 40.5 Å². The first-order valence-corrected chi connectivity index (χ1v) is 9.71. The zero-order valence-corrected chi connectivity index (χ0v) is 16.9. The Morgan fingerprint density at radius 2 is 2.25 bits per heavy atom.